The van der Waals surface area contributed by atoms with Gasteiger partial charge in [0.05, 0.1) is 16.8 Å². The lowest BCUT2D eigenvalue weighted by Crippen LogP contribution is -2.48. The van der Waals surface area contributed by atoms with E-state index in [0.29, 0.717) is 12.3 Å². The van der Waals surface area contributed by atoms with Crippen LogP contribution in [-0.2, 0) is 16.0 Å². The average Bonchev–Trinajstić information content (AvgIpc) is 3.00. The zero-order valence-electron chi connectivity index (χ0n) is 20.9. The zero-order valence-corrected chi connectivity index (χ0v) is 21.8. The van der Waals surface area contributed by atoms with Crippen molar-refractivity contribution in [3.05, 3.63) is 60.2 Å². The quantitative estimate of drug-likeness (QED) is 0.442. The van der Waals surface area contributed by atoms with Crippen LogP contribution in [0.5, 0.6) is 0 Å². The molecule has 1 fully saturated rings. The summed E-state index contributed by atoms with van der Waals surface area (Å²) in [5.74, 6) is -0.256. The Labute approximate surface area is 203 Å². The number of ether oxygens (including phenoxy) is 1. The van der Waals surface area contributed by atoms with E-state index in [1.165, 1.54) is 0 Å². The van der Waals surface area contributed by atoms with E-state index in [0.717, 1.165) is 11.3 Å². The van der Waals surface area contributed by atoms with E-state index < -0.39 is 17.5 Å². The van der Waals surface area contributed by atoms with Crippen molar-refractivity contribution < 1.29 is 19.4 Å². The highest BCUT2D eigenvalue weighted by Crippen LogP contribution is 2.40. The van der Waals surface area contributed by atoms with Gasteiger partial charge in [0.25, 0.3) is 0 Å². The molecule has 1 N–H and O–H groups in total. The van der Waals surface area contributed by atoms with Gasteiger partial charge in [-0.25, -0.2) is 4.79 Å². The Balaban J connectivity index is 2.17. The number of carbonyl (C=O) groups excluding carboxylic acids is 1. The average molecular weight is 474 g/mol. The van der Waals surface area contributed by atoms with Gasteiger partial charge in [0, 0.05) is 5.75 Å². The molecule has 1 aliphatic heterocycles. The minimum Gasteiger partial charge on any atom is -0.481 e. The molecule has 3 atom stereocenters. The van der Waals surface area contributed by atoms with Gasteiger partial charge >= 0.3 is 12.1 Å². The van der Waals surface area contributed by atoms with Crippen LogP contribution < -0.4 is 0 Å². The highest BCUT2D eigenvalue weighted by Gasteiger charge is 2.44. The molecule has 1 aromatic rings. The van der Waals surface area contributed by atoms with Crippen LogP contribution in [0.25, 0.3) is 0 Å². The standard InChI is InChI=1S/C27H39NO4S/c1-19(2)21(13-14-22(24(29)30)17-20-11-9-8-10-12-20)15-16-23-18-33-27(6,7)28(23)25(31)32-26(3,4)5/h8-16,19,21-23H,17-18H2,1-7H3,(H,29,30)/b14-13-,16-15+/t21-,22-,23+/m0/s1. The molecule has 182 valence electrons. The number of hydrogen-bond acceptors (Lipinski definition) is 4. The van der Waals surface area contributed by atoms with Crippen molar-refractivity contribution in [3.63, 3.8) is 0 Å². The van der Waals surface area contributed by atoms with Crippen molar-refractivity contribution in [2.45, 2.75) is 71.4 Å². The Bertz CT molecular complexity index is 855. The molecular formula is C27H39NO4S. The Morgan fingerprint density at radius 2 is 1.82 bits per heavy atom. The highest BCUT2D eigenvalue weighted by molar-refractivity contribution is 8.00. The molecule has 33 heavy (non-hydrogen) atoms. The van der Waals surface area contributed by atoms with Crippen LogP contribution in [0.4, 0.5) is 4.79 Å². The van der Waals surface area contributed by atoms with Crippen LogP contribution in [0.2, 0.25) is 0 Å². The van der Waals surface area contributed by atoms with Gasteiger partial charge in [-0.1, -0.05) is 68.5 Å². The van der Waals surface area contributed by atoms with Crippen molar-refractivity contribution >= 4 is 23.8 Å². The van der Waals surface area contributed by atoms with Gasteiger partial charge in [-0.2, -0.15) is 0 Å². The molecule has 0 aromatic heterocycles. The largest absolute Gasteiger partial charge is 0.481 e. The molecule has 1 saturated heterocycles. The van der Waals surface area contributed by atoms with Gasteiger partial charge in [-0.3, -0.25) is 9.69 Å². The fraction of sp³-hybridized carbons (Fsp3) is 0.556. The lowest BCUT2D eigenvalue weighted by atomic mass is 9.91. The van der Waals surface area contributed by atoms with Crippen molar-refractivity contribution in [3.8, 4) is 0 Å². The molecule has 0 saturated carbocycles. The van der Waals surface area contributed by atoms with E-state index in [2.05, 4.69) is 26.0 Å². The van der Waals surface area contributed by atoms with E-state index >= 15 is 0 Å². The SMILES string of the molecule is CC(C)[C@@H](/C=C\[C@@H](Cc1ccccc1)C(=O)O)/C=C/[C@@H]1CSC(C)(C)N1C(=O)OC(C)(C)C. The fourth-order valence-electron chi connectivity index (χ4n) is 3.77. The first-order valence-corrected chi connectivity index (χ1v) is 12.6. The first kappa shape index (κ1) is 27.0. The summed E-state index contributed by atoms with van der Waals surface area (Å²) in [5, 5.41) is 9.70. The monoisotopic (exact) mass is 473 g/mol. The second-order valence-corrected chi connectivity index (χ2v) is 12.0. The number of rotatable bonds is 8. The second kappa shape index (κ2) is 11.3. The first-order valence-electron chi connectivity index (χ1n) is 11.6. The van der Waals surface area contributed by atoms with Crippen LogP contribution in [0.3, 0.4) is 0 Å². The Morgan fingerprint density at radius 3 is 2.36 bits per heavy atom. The topological polar surface area (TPSA) is 66.8 Å². The summed E-state index contributed by atoms with van der Waals surface area (Å²) in [7, 11) is 0. The van der Waals surface area contributed by atoms with Gasteiger partial charge in [-0.05, 0) is 58.4 Å². The number of carboxylic acids is 1. The third kappa shape index (κ3) is 8.26. The number of hydrogen-bond donors (Lipinski definition) is 1. The summed E-state index contributed by atoms with van der Waals surface area (Å²) < 4.78 is 5.66. The van der Waals surface area contributed by atoms with Crippen LogP contribution >= 0.6 is 11.8 Å². The number of allylic oxidation sites excluding steroid dienone is 2. The number of aliphatic carboxylic acids is 1. The lowest BCUT2D eigenvalue weighted by Gasteiger charge is -2.35. The number of carbonyl (C=O) groups is 2. The summed E-state index contributed by atoms with van der Waals surface area (Å²) in [4.78, 5) is 26.2. The number of amides is 1. The molecule has 2 rings (SSSR count). The summed E-state index contributed by atoms with van der Waals surface area (Å²) in [6, 6.07) is 9.61. The van der Waals surface area contributed by atoms with E-state index in [4.69, 9.17) is 4.74 Å². The number of nitrogens with zero attached hydrogens (tertiary/aromatic N) is 1. The molecule has 1 aromatic carbocycles. The van der Waals surface area contributed by atoms with Crippen molar-refractivity contribution in [2.24, 2.45) is 17.8 Å². The predicted molar refractivity (Wildman–Crippen MR) is 136 cm³/mol. The van der Waals surface area contributed by atoms with Gasteiger partial charge in [0.1, 0.15) is 5.60 Å². The minimum absolute atomic E-state index is 0.0665. The first-order chi connectivity index (χ1) is 15.3. The molecule has 1 aliphatic rings. The molecule has 1 amide bonds. The molecule has 0 aliphatic carbocycles. The molecule has 0 spiro atoms. The van der Waals surface area contributed by atoms with E-state index in [1.54, 1.807) is 11.8 Å². The van der Waals surface area contributed by atoms with E-state index in [-0.39, 0.29) is 22.9 Å². The Morgan fingerprint density at radius 1 is 1.18 bits per heavy atom. The minimum atomic E-state index is -0.827. The van der Waals surface area contributed by atoms with Gasteiger partial charge < -0.3 is 9.84 Å². The van der Waals surface area contributed by atoms with E-state index in [1.807, 2.05) is 82.0 Å². The Hall–Kier alpha value is -2.21. The van der Waals surface area contributed by atoms with Crippen LogP contribution in [0.15, 0.2) is 54.6 Å². The van der Waals surface area contributed by atoms with Gasteiger partial charge in [-0.15, -0.1) is 11.8 Å². The molecule has 5 nitrogen and oxygen atoms in total. The molecule has 0 radical (unpaired) electrons. The van der Waals surface area contributed by atoms with E-state index in [9.17, 15) is 14.7 Å². The second-order valence-electron chi connectivity index (χ2n) is 10.4. The van der Waals surface area contributed by atoms with Crippen LogP contribution in [0, 0.1) is 17.8 Å². The molecule has 1 heterocycles. The maximum absolute atomic E-state index is 12.9. The number of carboxylic acid groups (broad SMARTS) is 1. The normalized spacial score (nSPS) is 20.5. The molecule has 0 bridgehead atoms. The van der Waals surface area contributed by atoms with Crippen LogP contribution in [-0.4, -0.2) is 44.3 Å². The third-order valence-corrected chi connectivity index (χ3v) is 7.03. The molecular weight excluding hydrogens is 434 g/mol. The van der Waals surface area contributed by atoms with Crippen molar-refractivity contribution in [1.82, 2.24) is 4.90 Å². The molecule has 6 heteroatoms. The third-order valence-electron chi connectivity index (χ3n) is 5.62. The van der Waals surface area contributed by atoms with Crippen LogP contribution in [0.1, 0.15) is 54.0 Å². The van der Waals surface area contributed by atoms with Gasteiger partial charge in [0.15, 0.2) is 0 Å². The fourth-order valence-corrected chi connectivity index (χ4v) is 4.96. The number of benzene rings is 1. The summed E-state index contributed by atoms with van der Waals surface area (Å²) in [5.41, 5.74) is 0.451. The Kier molecular flexibility index (Phi) is 9.24. The predicted octanol–water partition coefficient (Wildman–Crippen LogP) is 6.40. The number of thioether (sulfide) groups is 1. The van der Waals surface area contributed by atoms with Crippen molar-refractivity contribution in [2.75, 3.05) is 5.75 Å². The highest BCUT2D eigenvalue weighted by atomic mass is 32.2. The maximum atomic E-state index is 12.9. The zero-order chi connectivity index (χ0) is 24.8. The summed E-state index contributed by atoms with van der Waals surface area (Å²) in [6.07, 6.45) is 8.14. The summed E-state index contributed by atoms with van der Waals surface area (Å²) >= 11 is 1.73. The smallest absolute Gasteiger partial charge is 0.411 e. The van der Waals surface area contributed by atoms with Gasteiger partial charge in [0.2, 0.25) is 0 Å². The lowest BCUT2D eigenvalue weighted by molar-refractivity contribution is -0.140. The maximum Gasteiger partial charge on any atom is 0.411 e. The molecule has 0 unspecified atom stereocenters. The summed E-state index contributed by atoms with van der Waals surface area (Å²) in [6.45, 7) is 13.9. The van der Waals surface area contributed by atoms with Crippen molar-refractivity contribution in [1.29, 1.82) is 0 Å².